The molecule has 0 aliphatic heterocycles. The van der Waals surface area contributed by atoms with Gasteiger partial charge < -0.3 is 10.1 Å². The highest BCUT2D eigenvalue weighted by Crippen LogP contribution is 2.31. The molecule has 104 valence electrons. The van der Waals surface area contributed by atoms with Crippen molar-refractivity contribution in [1.29, 1.82) is 0 Å². The van der Waals surface area contributed by atoms with Gasteiger partial charge in [-0.2, -0.15) is 0 Å². The lowest BCUT2D eigenvalue weighted by Gasteiger charge is -2.19. The first kappa shape index (κ1) is 14.5. The summed E-state index contributed by atoms with van der Waals surface area (Å²) in [5.74, 6) is 0.297. The molecule has 0 saturated heterocycles. The van der Waals surface area contributed by atoms with E-state index in [2.05, 4.69) is 21.2 Å². The third-order valence-electron chi connectivity index (χ3n) is 3.08. The SMILES string of the molecule is O=C(CBr)NC[C@H](OCC1CC1)c1ccc(F)cc1. The molecule has 0 heterocycles. The molecule has 1 N–H and O–H groups in total. The maximum atomic E-state index is 12.9. The lowest BCUT2D eigenvalue weighted by atomic mass is 10.1. The average molecular weight is 330 g/mol. The summed E-state index contributed by atoms with van der Waals surface area (Å²) >= 11 is 3.10. The molecule has 1 aromatic rings. The van der Waals surface area contributed by atoms with Gasteiger partial charge >= 0.3 is 0 Å². The van der Waals surface area contributed by atoms with Gasteiger partial charge in [-0.15, -0.1) is 0 Å². The van der Waals surface area contributed by atoms with Crippen molar-refractivity contribution in [3.8, 4) is 0 Å². The van der Waals surface area contributed by atoms with Crippen LogP contribution in [0.3, 0.4) is 0 Å². The number of alkyl halides is 1. The van der Waals surface area contributed by atoms with Gasteiger partial charge in [-0.3, -0.25) is 4.79 Å². The molecule has 1 aliphatic rings. The van der Waals surface area contributed by atoms with E-state index in [1.54, 1.807) is 12.1 Å². The monoisotopic (exact) mass is 329 g/mol. The van der Waals surface area contributed by atoms with Crippen LogP contribution in [0.15, 0.2) is 24.3 Å². The van der Waals surface area contributed by atoms with Gasteiger partial charge in [-0.05, 0) is 36.5 Å². The molecule has 1 aromatic carbocycles. The zero-order valence-electron chi connectivity index (χ0n) is 10.6. The Labute approximate surface area is 120 Å². The summed E-state index contributed by atoms with van der Waals surface area (Å²) in [6.45, 7) is 1.11. The number of amides is 1. The van der Waals surface area contributed by atoms with Crippen molar-refractivity contribution in [1.82, 2.24) is 5.32 Å². The zero-order chi connectivity index (χ0) is 13.7. The van der Waals surface area contributed by atoms with E-state index in [4.69, 9.17) is 4.74 Å². The molecule has 0 aromatic heterocycles. The maximum Gasteiger partial charge on any atom is 0.230 e. The van der Waals surface area contributed by atoms with Gasteiger partial charge in [-0.1, -0.05) is 28.1 Å². The van der Waals surface area contributed by atoms with Gasteiger partial charge in [-0.25, -0.2) is 4.39 Å². The van der Waals surface area contributed by atoms with Crippen molar-refractivity contribution >= 4 is 21.8 Å². The van der Waals surface area contributed by atoms with Crippen molar-refractivity contribution in [2.75, 3.05) is 18.5 Å². The minimum absolute atomic E-state index is 0.0814. The molecule has 2 rings (SSSR count). The lowest BCUT2D eigenvalue weighted by molar-refractivity contribution is -0.119. The normalized spacial score (nSPS) is 16.1. The molecule has 1 atom stereocenters. The topological polar surface area (TPSA) is 38.3 Å². The number of carbonyl (C=O) groups excluding carboxylic acids is 1. The second-order valence-electron chi connectivity index (χ2n) is 4.75. The number of rotatable bonds is 7. The number of hydrogen-bond donors (Lipinski definition) is 1. The molecule has 1 saturated carbocycles. The fraction of sp³-hybridized carbons (Fsp3) is 0.500. The molecule has 0 radical (unpaired) electrons. The Kier molecular flexibility index (Phi) is 5.34. The van der Waals surface area contributed by atoms with Crippen molar-refractivity contribution in [3.05, 3.63) is 35.6 Å². The van der Waals surface area contributed by atoms with Crippen molar-refractivity contribution < 1.29 is 13.9 Å². The standard InChI is InChI=1S/C14H17BrFNO2/c15-7-14(18)17-8-13(19-9-10-1-2-10)11-3-5-12(16)6-4-11/h3-6,10,13H,1-2,7-9H2,(H,17,18)/t13-/m0/s1. The molecule has 1 fully saturated rings. The summed E-state index contributed by atoms with van der Waals surface area (Å²) < 4.78 is 18.8. The average Bonchev–Trinajstić information content (AvgIpc) is 3.24. The lowest BCUT2D eigenvalue weighted by Crippen LogP contribution is -2.30. The van der Waals surface area contributed by atoms with Crippen LogP contribution < -0.4 is 5.32 Å². The third-order valence-corrected chi connectivity index (χ3v) is 3.59. The van der Waals surface area contributed by atoms with Crippen molar-refractivity contribution in [3.63, 3.8) is 0 Å². The van der Waals surface area contributed by atoms with Gasteiger partial charge in [0.05, 0.1) is 18.0 Å². The summed E-state index contributed by atoms with van der Waals surface area (Å²) in [7, 11) is 0. The highest BCUT2D eigenvalue weighted by molar-refractivity contribution is 9.09. The molecule has 5 heteroatoms. The fourth-order valence-electron chi connectivity index (χ4n) is 1.74. The van der Waals surface area contributed by atoms with E-state index in [9.17, 15) is 9.18 Å². The number of ether oxygens (including phenoxy) is 1. The molecule has 0 spiro atoms. The van der Waals surface area contributed by atoms with E-state index in [1.165, 1.54) is 25.0 Å². The van der Waals surface area contributed by atoms with E-state index < -0.39 is 0 Å². The Hall–Kier alpha value is -0.940. The van der Waals surface area contributed by atoms with Crippen LogP contribution in [-0.4, -0.2) is 24.4 Å². The van der Waals surface area contributed by atoms with Crippen LogP contribution in [0, 0.1) is 11.7 Å². The maximum absolute atomic E-state index is 12.9. The predicted molar refractivity (Wildman–Crippen MR) is 74.6 cm³/mol. The van der Waals surface area contributed by atoms with Crippen LogP contribution in [0.5, 0.6) is 0 Å². The van der Waals surface area contributed by atoms with E-state index in [0.717, 1.165) is 5.56 Å². The van der Waals surface area contributed by atoms with Gasteiger partial charge in [0.2, 0.25) is 5.91 Å². The second-order valence-corrected chi connectivity index (χ2v) is 5.32. The van der Waals surface area contributed by atoms with Crippen molar-refractivity contribution in [2.45, 2.75) is 18.9 Å². The summed E-state index contributed by atoms with van der Waals surface area (Å²) in [5.41, 5.74) is 0.886. The Morgan fingerprint density at radius 2 is 2.11 bits per heavy atom. The molecule has 0 unspecified atom stereocenters. The Morgan fingerprint density at radius 1 is 1.42 bits per heavy atom. The van der Waals surface area contributed by atoms with E-state index in [1.807, 2.05) is 0 Å². The Balaban J connectivity index is 1.94. The van der Waals surface area contributed by atoms with Crippen molar-refractivity contribution in [2.24, 2.45) is 5.92 Å². The fourth-order valence-corrected chi connectivity index (χ4v) is 1.94. The number of nitrogens with one attached hydrogen (secondary N) is 1. The van der Waals surface area contributed by atoms with Gasteiger partial charge in [0, 0.05) is 6.54 Å². The highest BCUT2D eigenvalue weighted by Gasteiger charge is 2.24. The first-order chi connectivity index (χ1) is 9.19. The molecular weight excluding hydrogens is 313 g/mol. The summed E-state index contributed by atoms with van der Waals surface area (Å²) in [6.07, 6.45) is 2.21. The van der Waals surface area contributed by atoms with E-state index in [0.29, 0.717) is 19.1 Å². The molecular formula is C14H17BrFNO2. The van der Waals surface area contributed by atoms with E-state index in [-0.39, 0.29) is 23.2 Å². The van der Waals surface area contributed by atoms with E-state index >= 15 is 0 Å². The van der Waals surface area contributed by atoms with Gasteiger partial charge in [0.15, 0.2) is 0 Å². The van der Waals surface area contributed by atoms with Crippen LogP contribution in [0.2, 0.25) is 0 Å². The predicted octanol–water partition coefficient (Wildman–Crippen LogP) is 2.80. The van der Waals surface area contributed by atoms with Crippen LogP contribution in [0.4, 0.5) is 4.39 Å². The molecule has 1 aliphatic carbocycles. The molecule has 3 nitrogen and oxygen atoms in total. The summed E-state index contributed by atoms with van der Waals surface area (Å²) in [5, 5.41) is 3.05. The number of benzene rings is 1. The van der Waals surface area contributed by atoms with Gasteiger partial charge in [0.1, 0.15) is 5.82 Å². The minimum atomic E-state index is -0.269. The molecule has 1 amide bonds. The molecule has 0 bridgehead atoms. The number of halogens is 2. The number of carbonyl (C=O) groups is 1. The minimum Gasteiger partial charge on any atom is -0.371 e. The summed E-state index contributed by atoms with van der Waals surface area (Å²) in [6, 6.07) is 6.23. The third kappa shape index (κ3) is 4.91. The second kappa shape index (κ2) is 7.01. The first-order valence-corrected chi connectivity index (χ1v) is 7.51. The van der Waals surface area contributed by atoms with Crippen LogP contribution >= 0.6 is 15.9 Å². The van der Waals surface area contributed by atoms with Crippen LogP contribution in [-0.2, 0) is 9.53 Å². The van der Waals surface area contributed by atoms with Gasteiger partial charge in [0.25, 0.3) is 0 Å². The highest BCUT2D eigenvalue weighted by atomic mass is 79.9. The zero-order valence-corrected chi connectivity index (χ0v) is 12.2. The quantitative estimate of drug-likeness (QED) is 0.781. The largest absolute Gasteiger partial charge is 0.371 e. The Morgan fingerprint density at radius 3 is 2.68 bits per heavy atom. The van der Waals surface area contributed by atoms with Crippen LogP contribution in [0.25, 0.3) is 0 Å². The number of hydrogen-bond acceptors (Lipinski definition) is 2. The van der Waals surface area contributed by atoms with Crippen LogP contribution in [0.1, 0.15) is 24.5 Å². The smallest absolute Gasteiger partial charge is 0.230 e. The summed E-state index contributed by atoms with van der Waals surface area (Å²) in [4.78, 5) is 11.3. The first-order valence-electron chi connectivity index (χ1n) is 6.38. The molecule has 19 heavy (non-hydrogen) atoms. The Bertz CT molecular complexity index is 420.